The van der Waals surface area contributed by atoms with E-state index in [1.807, 2.05) is 6.92 Å². The zero-order chi connectivity index (χ0) is 14.1. The molecule has 1 aromatic heterocycles. The van der Waals surface area contributed by atoms with E-state index >= 15 is 0 Å². The van der Waals surface area contributed by atoms with Gasteiger partial charge in [-0.2, -0.15) is 0 Å². The van der Waals surface area contributed by atoms with Crippen LogP contribution in [0.15, 0.2) is 24.3 Å². The molecule has 0 bridgehead atoms. The van der Waals surface area contributed by atoms with Crippen molar-refractivity contribution in [3.05, 3.63) is 51.2 Å². The molecule has 1 aromatic carbocycles. The third-order valence-electron chi connectivity index (χ3n) is 3.31. The Kier molecular flexibility index (Phi) is 3.53. The van der Waals surface area contributed by atoms with Crippen LogP contribution >= 0.6 is 11.3 Å². The Morgan fingerprint density at radius 2 is 2.10 bits per heavy atom. The van der Waals surface area contributed by atoms with Crippen molar-refractivity contribution in [3.8, 4) is 0 Å². The van der Waals surface area contributed by atoms with E-state index in [0.29, 0.717) is 17.3 Å². The van der Waals surface area contributed by atoms with Crippen LogP contribution < -0.4 is 5.32 Å². The van der Waals surface area contributed by atoms with Gasteiger partial charge in [0.2, 0.25) is 0 Å². The summed E-state index contributed by atoms with van der Waals surface area (Å²) < 4.78 is 12.8. The number of benzene rings is 1. The molecule has 0 unspecified atom stereocenters. The van der Waals surface area contributed by atoms with Gasteiger partial charge in [0.05, 0.1) is 10.7 Å². The normalized spacial score (nSPS) is 14.3. The second-order valence-electron chi connectivity index (χ2n) is 5.05. The van der Waals surface area contributed by atoms with Crippen molar-refractivity contribution in [1.82, 2.24) is 10.3 Å². The molecular weight excluding hydrogens is 275 g/mol. The molecule has 0 aliphatic heterocycles. The van der Waals surface area contributed by atoms with Crippen LogP contribution in [-0.2, 0) is 6.54 Å². The molecule has 1 aliphatic rings. The number of aromatic nitrogens is 1. The molecule has 2 aromatic rings. The first-order chi connectivity index (χ1) is 9.63. The average molecular weight is 290 g/mol. The third kappa shape index (κ3) is 2.88. The molecule has 104 valence electrons. The van der Waals surface area contributed by atoms with E-state index in [1.54, 1.807) is 12.1 Å². The van der Waals surface area contributed by atoms with Gasteiger partial charge < -0.3 is 5.32 Å². The lowest BCUT2D eigenvalue weighted by atomic mass is 10.2. The van der Waals surface area contributed by atoms with E-state index in [4.69, 9.17) is 0 Å². The van der Waals surface area contributed by atoms with Crippen molar-refractivity contribution >= 4 is 17.2 Å². The van der Waals surface area contributed by atoms with Gasteiger partial charge in [-0.25, -0.2) is 9.37 Å². The Morgan fingerprint density at radius 1 is 1.40 bits per heavy atom. The predicted molar refractivity (Wildman–Crippen MR) is 76.4 cm³/mol. The van der Waals surface area contributed by atoms with Crippen LogP contribution in [-0.4, -0.2) is 10.9 Å². The molecule has 1 saturated carbocycles. The van der Waals surface area contributed by atoms with E-state index in [-0.39, 0.29) is 11.7 Å². The fraction of sp³-hybridized carbons (Fsp3) is 0.333. The first kappa shape index (κ1) is 13.2. The summed E-state index contributed by atoms with van der Waals surface area (Å²) in [6, 6.07) is 6.13. The first-order valence-corrected chi connectivity index (χ1v) is 7.45. The minimum Gasteiger partial charge on any atom is -0.347 e. The summed E-state index contributed by atoms with van der Waals surface area (Å²) in [6.07, 6.45) is 2.37. The smallest absolute Gasteiger partial charge is 0.263 e. The molecule has 0 atom stereocenters. The Labute approximate surface area is 120 Å². The van der Waals surface area contributed by atoms with Crippen molar-refractivity contribution in [2.75, 3.05) is 0 Å². The highest BCUT2D eigenvalue weighted by Crippen LogP contribution is 2.42. The fourth-order valence-corrected chi connectivity index (χ4v) is 3.15. The molecule has 5 heteroatoms. The SMILES string of the molecule is Cc1nc(C2CC2)sc1C(=O)NCc1ccc(F)cc1. The van der Waals surface area contributed by atoms with Crippen molar-refractivity contribution in [3.63, 3.8) is 0 Å². The van der Waals surface area contributed by atoms with Gasteiger partial charge in [-0.3, -0.25) is 4.79 Å². The maximum atomic E-state index is 12.8. The quantitative estimate of drug-likeness (QED) is 0.937. The first-order valence-electron chi connectivity index (χ1n) is 6.63. The van der Waals surface area contributed by atoms with E-state index in [0.717, 1.165) is 16.3 Å². The second kappa shape index (κ2) is 5.32. The minimum atomic E-state index is -0.271. The average Bonchev–Trinajstić information content (AvgIpc) is 3.21. The number of carbonyl (C=O) groups excluding carboxylic acids is 1. The lowest BCUT2D eigenvalue weighted by Crippen LogP contribution is -2.22. The Hall–Kier alpha value is -1.75. The van der Waals surface area contributed by atoms with Crippen LogP contribution in [0.3, 0.4) is 0 Å². The summed E-state index contributed by atoms with van der Waals surface area (Å²) in [5.74, 6) is 0.195. The number of halogens is 1. The minimum absolute atomic E-state index is 0.101. The number of thiazole rings is 1. The second-order valence-corrected chi connectivity index (χ2v) is 6.08. The number of aryl methyl sites for hydroxylation is 1. The van der Waals surface area contributed by atoms with Crippen molar-refractivity contribution in [2.24, 2.45) is 0 Å². The molecule has 3 rings (SSSR count). The number of amides is 1. The van der Waals surface area contributed by atoms with E-state index in [1.165, 1.54) is 36.3 Å². The maximum Gasteiger partial charge on any atom is 0.263 e. The number of nitrogens with zero attached hydrogens (tertiary/aromatic N) is 1. The van der Waals surface area contributed by atoms with Gasteiger partial charge in [0.25, 0.3) is 5.91 Å². The zero-order valence-electron chi connectivity index (χ0n) is 11.1. The molecule has 1 fully saturated rings. The Morgan fingerprint density at radius 3 is 2.75 bits per heavy atom. The molecule has 1 amide bonds. The van der Waals surface area contributed by atoms with Crippen LogP contribution in [0.1, 0.15) is 44.7 Å². The van der Waals surface area contributed by atoms with E-state index < -0.39 is 0 Å². The van der Waals surface area contributed by atoms with E-state index in [2.05, 4.69) is 10.3 Å². The largest absolute Gasteiger partial charge is 0.347 e. The number of carbonyl (C=O) groups is 1. The van der Waals surface area contributed by atoms with Gasteiger partial charge in [0.1, 0.15) is 10.7 Å². The molecule has 20 heavy (non-hydrogen) atoms. The van der Waals surface area contributed by atoms with Gasteiger partial charge in [0, 0.05) is 12.5 Å². The van der Waals surface area contributed by atoms with Gasteiger partial charge in [0.15, 0.2) is 0 Å². The van der Waals surface area contributed by atoms with Gasteiger partial charge >= 0.3 is 0 Å². The summed E-state index contributed by atoms with van der Waals surface area (Å²) >= 11 is 1.49. The Bertz CT molecular complexity index is 632. The molecule has 1 aliphatic carbocycles. The van der Waals surface area contributed by atoms with Gasteiger partial charge in [-0.05, 0) is 37.5 Å². The summed E-state index contributed by atoms with van der Waals surface area (Å²) in [4.78, 5) is 17.3. The lowest BCUT2D eigenvalue weighted by molar-refractivity contribution is 0.0954. The molecule has 1 heterocycles. The van der Waals surface area contributed by atoms with E-state index in [9.17, 15) is 9.18 Å². The number of hydrogen-bond acceptors (Lipinski definition) is 3. The third-order valence-corrected chi connectivity index (χ3v) is 4.63. The molecule has 3 nitrogen and oxygen atoms in total. The van der Waals surface area contributed by atoms with Crippen LogP contribution in [0.5, 0.6) is 0 Å². The zero-order valence-corrected chi connectivity index (χ0v) is 12.0. The highest BCUT2D eigenvalue weighted by atomic mass is 32.1. The molecule has 0 saturated heterocycles. The number of rotatable bonds is 4. The van der Waals surface area contributed by atoms with Gasteiger partial charge in [-0.15, -0.1) is 11.3 Å². The summed E-state index contributed by atoms with van der Waals surface area (Å²) in [7, 11) is 0. The molecule has 1 N–H and O–H groups in total. The van der Waals surface area contributed by atoms with Crippen molar-refractivity contribution in [1.29, 1.82) is 0 Å². The Balaban J connectivity index is 1.65. The van der Waals surface area contributed by atoms with Crippen molar-refractivity contribution < 1.29 is 9.18 Å². The predicted octanol–water partition coefficient (Wildman–Crippen LogP) is 3.40. The maximum absolute atomic E-state index is 12.8. The summed E-state index contributed by atoms with van der Waals surface area (Å²) in [6.45, 7) is 2.27. The van der Waals surface area contributed by atoms with Gasteiger partial charge in [-0.1, -0.05) is 12.1 Å². The van der Waals surface area contributed by atoms with Crippen LogP contribution in [0.2, 0.25) is 0 Å². The summed E-state index contributed by atoms with van der Waals surface area (Å²) in [5, 5.41) is 3.94. The highest BCUT2D eigenvalue weighted by molar-refractivity contribution is 7.13. The topological polar surface area (TPSA) is 42.0 Å². The molecular formula is C15H15FN2OS. The summed E-state index contributed by atoms with van der Waals surface area (Å²) in [5.41, 5.74) is 1.68. The standard InChI is InChI=1S/C15H15FN2OS/c1-9-13(20-15(18-9)11-4-5-11)14(19)17-8-10-2-6-12(16)7-3-10/h2-3,6-7,11H,4-5,8H2,1H3,(H,17,19). The fourth-order valence-electron chi connectivity index (χ4n) is 2.00. The monoisotopic (exact) mass is 290 g/mol. The molecule has 0 spiro atoms. The van der Waals surface area contributed by atoms with Crippen molar-refractivity contribution in [2.45, 2.75) is 32.2 Å². The number of nitrogens with one attached hydrogen (secondary N) is 1. The highest BCUT2D eigenvalue weighted by Gasteiger charge is 2.28. The lowest BCUT2D eigenvalue weighted by Gasteiger charge is -2.04. The molecule has 0 radical (unpaired) electrons. The van der Waals surface area contributed by atoms with Crippen LogP contribution in [0.25, 0.3) is 0 Å². The number of hydrogen-bond donors (Lipinski definition) is 1. The van der Waals surface area contributed by atoms with Crippen LogP contribution in [0, 0.1) is 12.7 Å². The van der Waals surface area contributed by atoms with Crippen LogP contribution in [0.4, 0.5) is 4.39 Å².